The van der Waals surface area contributed by atoms with Crippen LogP contribution in [0, 0.1) is 5.92 Å². The molecule has 0 saturated carbocycles. The zero-order valence-corrected chi connectivity index (χ0v) is 9.24. The molecule has 16 heavy (non-hydrogen) atoms. The predicted molar refractivity (Wildman–Crippen MR) is 58.7 cm³/mol. The van der Waals surface area contributed by atoms with Crippen molar-refractivity contribution in [3.8, 4) is 0 Å². The normalized spacial score (nSPS) is 32.4. The van der Waals surface area contributed by atoms with Crippen molar-refractivity contribution in [2.45, 2.75) is 18.9 Å². The number of carbonyl (C=O) groups excluding carboxylic acids is 2. The summed E-state index contributed by atoms with van der Waals surface area (Å²) in [6.07, 6.45) is 2.41. The maximum atomic E-state index is 11.2. The maximum absolute atomic E-state index is 11.2. The van der Waals surface area contributed by atoms with Gasteiger partial charge in [0.25, 0.3) is 0 Å². The van der Waals surface area contributed by atoms with Gasteiger partial charge in [-0.15, -0.1) is 0 Å². The van der Waals surface area contributed by atoms with Crippen molar-refractivity contribution in [3.63, 3.8) is 0 Å². The third kappa shape index (κ3) is 2.70. The summed E-state index contributed by atoms with van der Waals surface area (Å²) < 4.78 is 0. The third-order valence-electron chi connectivity index (χ3n) is 3.44. The Balaban J connectivity index is 1.74. The summed E-state index contributed by atoms with van der Waals surface area (Å²) in [4.78, 5) is 24.1. The van der Waals surface area contributed by atoms with Gasteiger partial charge >= 0.3 is 6.03 Å². The van der Waals surface area contributed by atoms with Crippen LogP contribution in [0.15, 0.2) is 0 Å². The smallest absolute Gasteiger partial charge is 0.318 e. The molecule has 6 nitrogen and oxygen atoms in total. The minimum atomic E-state index is -0.791. The molecule has 0 aliphatic carbocycles. The van der Waals surface area contributed by atoms with E-state index < -0.39 is 6.03 Å². The van der Waals surface area contributed by atoms with Gasteiger partial charge < -0.3 is 16.0 Å². The van der Waals surface area contributed by atoms with E-state index in [4.69, 9.17) is 5.73 Å². The van der Waals surface area contributed by atoms with E-state index >= 15 is 0 Å². The molecular weight excluding hydrogens is 208 g/mol. The number of nitrogens with one attached hydrogen (secondary N) is 2. The topological polar surface area (TPSA) is 87.5 Å². The van der Waals surface area contributed by atoms with Gasteiger partial charge in [-0.05, 0) is 31.8 Å². The molecule has 2 bridgehead atoms. The molecule has 3 aliphatic heterocycles. The number of nitrogens with two attached hydrogens (primary N) is 1. The minimum absolute atomic E-state index is 0.165. The summed E-state index contributed by atoms with van der Waals surface area (Å²) in [5.74, 6) is 0.315. The fourth-order valence-electron chi connectivity index (χ4n) is 2.60. The number of carbonyl (C=O) groups is 2. The Morgan fingerprint density at radius 2 is 2.00 bits per heavy atom. The molecule has 0 spiro atoms. The number of hydrogen-bond acceptors (Lipinski definition) is 4. The summed E-state index contributed by atoms with van der Waals surface area (Å²) in [7, 11) is 0. The number of fused-ring (bicyclic) bond motifs is 3. The van der Waals surface area contributed by atoms with Crippen molar-refractivity contribution >= 4 is 11.9 Å². The summed E-state index contributed by atoms with van der Waals surface area (Å²) in [5.41, 5.74) is 4.86. The second-order valence-corrected chi connectivity index (χ2v) is 4.54. The number of amides is 3. The highest BCUT2D eigenvalue weighted by atomic mass is 16.2. The van der Waals surface area contributed by atoms with E-state index in [0.717, 1.165) is 6.54 Å². The Morgan fingerprint density at radius 3 is 2.50 bits per heavy atom. The van der Waals surface area contributed by atoms with Crippen molar-refractivity contribution in [2.24, 2.45) is 11.7 Å². The molecule has 3 aliphatic rings. The minimum Gasteiger partial charge on any atom is -0.351 e. The molecule has 6 heteroatoms. The number of nitrogens with zero attached hydrogens (tertiary/aromatic N) is 1. The second-order valence-electron chi connectivity index (χ2n) is 4.54. The first-order chi connectivity index (χ1) is 7.65. The number of primary amides is 1. The monoisotopic (exact) mass is 226 g/mol. The highest BCUT2D eigenvalue weighted by Crippen LogP contribution is 2.27. The van der Waals surface area contributed by atoms with E-state index in [9.17, 15) is 9.59 Å². The molecule has 1 atom stereocenters. The van der Waals surface area contributed by atoms with Crippen LogP contribution in [-0.2, 0) is 4.79 Å². The summed E-state index contributed by atoms with van der Waals surface area (Å²) in [6, 6.07) is -0.415. The molecule has 0 aromatic heterocycles. The van der Waals surface area contributed by atoms with Gasteiger partial charge in [-0.1, -0.05) is 0 Å². The standard InChI is InChI=1S/C10H18N4O2/c11-10(16)13-9(15)5-12-8-6-14-3-1-7(8)2-4-14/h7-8,12H,1-6H2,(H3,11,13,15,16). The summed E-state index contributed by atoms with van der Waals surface area (Å²) in [5, 5.41) is 5.25. The number of hydrogen-bond donors (Lipinski definition) is 3. The van der Waals surface area contributed by atoms with Crippen molar-refractivity contribution in [2.75, 3.05) is 26.2 Å². The fraction of sp³-hybridized carbons (Fsp3) is 0.800. The average Bonchev–Trinajstić information content (AvgIpc) is 2.27. The lowest BCUT2D eigenvalue weighted by Crippen LogP contribution is -2.57. The second kappa shape index (κ2) is 4.80. The summed E-state index contributed by atoms with van der Waals surface area (Å²) >= 11 is 0. The van der Waals surface area contributed by atoms with Crippen LogP contribution in [0.25, 0.3) is 0 Å². The third-order valence-corrected chi connectivity index (χ3v) is 3.44. The van der Waals surface area contributed by atoms with Crippen molar-refractivity contribution in [1.29, 1.82) is 0 Å². The van der Waals surface area contributed by atoms with Crippen LogP contribution in [0.5, 0.6) is 0 Å². The average molecular weight is 226 g/mol. The first-order valence-corrected chi connectivity index (χ1v) is 5.70. The Bertz CT molecular complexity index is 287. The predicted octanol–water partition coefficient (Wildman–Crippen LogP) is -1.13. The molecule has 0 radical (unpaired) electrons. The molecule has 3 amide bonds. The van der Waals surface area contributed by atoms with Crippen LogP contribution in [0.1, 0.15) is 12.8 Å². The van der Waals surface area contributed by atoms with E-state index in [0.29, 0.717) is 12.0 Å². The van der Waals surface area contributed by atoms with Gasteiger partial charge in [-0.2, -0.15) is 0 Å². The van der Waals surface area contributed by atoms with Gasteiger partial charge in [0.1, 0.15) is 0 Å². The van der Waals surface area contributed by atoms with Crippen molar-refractivity contribution in [3.05, 3.63) is 0 Å². The van der Waals surface area contributed by atoms with Gasteiger partial charge in [-0.25, -0.2) is 4.79 Å². The first-order valence-electron chi connectivity index (χ1n) is 5.70. The van der Waals surface area contributed by atoms with Gasteiger partial charge in [-0.3, -0.25) is 10.1 Å². The van der Waals surface area contributed by atoms with E-state index in [1.807, 2.05) is 0 Å². The zero-order chi connectivity index (χ0) is 11.5. The molecule has 3 saturated heterocycles. The van der Waals surface area contributed by atoms with E-state index in [1.165, 1.54) is 25.9 Å². The molecule has 3 fully saturated rings. The van der Waals surface area contributed by atoms with Crippen LogP contribution < -0.4 is 16.4 Å². The molecule has 0 aromatic carbocycles. The number of piperidine rings is 3. The molecule has 3 heterocycles. The van der Waals surface area contributed by atoms with Crippen LogP contribution in [0.2, 0.25) is 0 Å². The van der Waals surface area contributed by atoms with Gasteiger partial charge in [0.2, 0.25) is 5.91 Å². The molecule has 4 N–H and O–H groups in total. The lowest BCUT2D eigenvalue weighted by molar-refractivity contribution is -0.119. The van der Waals surface area contributed by atoms with Gasteiger partial charge in [0.15, 0.2) is 0 Å². The van der Waals surface area contributed by atoms with E-state index in [-0.39, 0.29) is 12.5 Å². The molecule has 90 valence electrons. The van der Waals surface area contributed by atoms with Crippen LogP contribution in [-0.4, -0.2) is 49.1 Å². The summed E-state index contributed by atoms with van der Waals surface area (Å²) in [6.45, 7) is 3.53. The molecule has 3 rings (SSSR count). The largest absolute Gasteiger partial charge is 0.351 e. The Kier molecular flexibility index (Phi) is 3.40. The van der Waals surface area contributed by atoms with Gasteiger partial charge in [0, 0.05) is 12.6 Å². The lowest BCUT2D eigenvalue weighted by Gasteiger charge is -2.45. The first kappa shape index (κ1) is 11.3. The zero-order valence-electron chi connectivity index (χ0n) is 9.24. The van der Waals surface area contributed by atoms with Crippen LogP contribution in [0.3, 0.4) is 0 Å². The van der Waals surface area contributed by atoms with Crippen LogP contribution >= 0.6 is 0 Å². The Morgan fingerprint density at radius 1 is 1.31 bits per heavy atom. The van der Waals surface area contributed by atoms with Crippen molar-refractivity contribution < 1.29 is 9.59 Å². The highest BCUT2D eigenvalue weighted by Gasteiger charge is 2.33. The quantitative estimate of drug-likeness (QED) is 0.568. The lowest BCUT2D eigenvalue weighted by atomic mass is 9.84. The fourth-order valence-corrected chi connectivity index (χ4v) is 2.60. The number of imide groups is 1. The van der Waals surface area contributed by atoms with Crippen molar-refractivity contribution in [1.82, 2.24) is 15.5 Å². The van der Waals surface area contributed by atoms with E-state index in [2.05, 4.69) is 15.5 Å². The van der Waals surface area contributed by atoms with Crippen LogP contribution in [0.4, 0.5) is 4.79 Å². The SMILES string of the molecule is NC(=O)NC(=O)CNC1CN2CCC1CC2. The highest BCUT2D eigenvalue weighted by molar-refractivity contribution is 5.94. The van der Waals surface area contributed by atoms with Gasteiger partial charge in [0.05, 0.1) is 6.54 Å². The number of rotatable bonds is 3. The molecule has 1 unspecified atom stereocenters. The maximum Gasteiger partial charge on any atom is 0.318 e. The Labute approximate surface area is 94.5 Å². The Hall–Kier alpha value is -1.14. The van der Waals surface area contributed by atoms with E-state index in [1.54, 1.807) is 0 Å². The molecular formula is C10H18N4O2. The molecule has 0 aromatic rings. The number of urea groups is 1.